The Bertz CT molecular complexity index is 683. The van der Waals surface area contributed by atoms with Crippen molar-refractivity contribution in [1.29, 1.82) is 0 Å². The molecule has 1 aromatic carbocycles. The van der Waals surface area contributed by atoms with E-state index in [0.29, 0.717) is 12.5 Å². The van der Waals surface area contributed by atoms with Gasteiger partial charge in [0.25, 0.3) is 5.69 Å². The Kier molecular flexibility index (Phi) is 4.20. The van der Waals surface area contributed by atoms with Crippen molar-refractivity contribution in [3.8, 4) is 0 Å². The summed E-state index contributed by atoms with van der Waals surface area (Å²) in [7, 11) is 0. The summed E-state index contributed by atoms with van der Waals surface area (Å²) in [6, 6.07) is 8.68. The maximum atomic E-state index is 10.8. The fraction of sp³-hybridized carbons (Fsp3) is 0.438. The molecule has 6 heteroatoms. The van der Waals surface area contributed by atoms with Crippen LogP contribution in [0.5, 0.6) is 0 Å². The van der Waals surface area contributed by atoms with Crippen LogP contribution in [-0.2, 0) is 0 Å². The van der Waals surface area contributed by atoms with E-state index in [1.165, 1.54) is 31.7 Å². The molecular formula is C16H20N4O2. The van der Waals surface area contributed by atoms with Crippen LogP contribution in [0.4, 0.5) is 11.5 Å². The van der Waals surface area contributed by atoms with Gasteiger partial charge < -0.3 is 11.1 Å². The van der Waals surface area contributed by atoms with E-state index in [1.54, 1.807) is 12.1 Å². The van der Waals surface area contributed by atoms with Gasteiger partial charge in [-0.2, -0.15) is 0 Å². The molecule has 1 unspecified atom stereocenters. The largest absolute Gasteiger partial charge is 0.366 e. The molecule has 1 aliphatic rings. The summed E-state index contributed by atoms with van der Waals surface area (Å²) in [5.41, 5.74) is 6.73. The number of nitrogens with zero attached hydrogens (tertiary/aromatic N) is 2. The third-order valence-corrected chi connectivity index (χ3v) is 4.44. The molecular weight excluding hydrogens is 280 g/mol. The highest BCUT2D eigenvalue weighted by molar-refractivity contribution is 5.82. The van der Waals surface area contributed by atoms with Gasteiger partial charge in [-0.25, -0.2) is 4.98 Å². The molecule has 1 aliphatic carbocycles. The lowest BCUT2D eigenvalue weighted by atomic mass is 9.98. The molecule has 1 heterocycles. The number of nitrogens with one attached hydrogen (secondary N) is 1. The second kappa shape index (κ2) is 6.27. The molecule has 1 saturated carbocycles. The third-order valence-electron chi connectivity index (χ3n) is 4.44. The Balaban J connectivity index is 1.82. The Morgan fingerprint density at radius 1 is 1.32 bits per heavy atom. The van der Waals surface area contributed by atoms with Crippen LogP contribution < -0.4 is 11.1 Å². The van der Waals surface area contributed by atoms with E-state index < -0.39 is 4.92 Å². The minimum absolute atomic E-state index is 0.0841. The highest BCUT2D eigenvalue weighted by Crippen LogP contribution is 2.29. The lowest BCUT2D eigenvalue weighted by Crippen LogP contribution is -2.35. The molecule has 6 nitrogen and oxygen atoms in total. The number of nitrogens with two attached hydrogens (primary N) is 1. The number of nitro benzene ring substituents is 1. The normalized spacial score (nSPS) is 16.8. The SMILES string of the molecule is NCC(Nc1ccc2cc([N+](=O)[O-])ccc2n1)C1CCCC1. The van der Waals surface area contributed by atoms with Crippen LogP contribution >= 0.6 is 0 Å². The Labute approximate surface area is 128 Å². The first-order valence-electron chi connectivity index (χ1n) is 7.69. The number of rotatable bonds is 5. The molecule has 0 amide bonds. The summed E-state index contributed by atoms with van der Waals surface area (Å²) in [6.07, 6.45) is 4.98. The highest BCUT2D eigenvalue weighted by atomic mass is 16.6. The number of non-ortho nitro benzene ring substituents is 1. The molecule has 3 rings (SSSR count). The number of nitro groups is 1. The zero-order valence-electron chi connectivity index (χ0n) is 12.4. The van der Waals surface area contributed by atoms with Gasteiger partial charge in [0, 0.05) is 30.1 Å². The first kappa shape index (κ1) is 14.7. The maximum Gasteiger partial charge on any atom is 0.270 e. The summed E-state index contributed by atoms with van der Waals surface area (Å²) in [4.78, 5) is 15.0. The molecule has 2 aromatic rings. The lowest BCUT2D eigenvalue weighted by molar-refractivity contribution is -0.384. The maximum absolute atomic E-state index is 10.8. The van der Waals surface area contributed by atoms with Gasteiger partial charge in [-0.1, -0.05) is 12.8 Å². The Morgan fingerprint density at radius 2 is 2.09 bits per heavy atom. The van der Waals surface area contributed by atoms with Crippen LogP contribution in [0, 0.1) is 16.0 Å². The van der Waals surface area contributed by atoms with Crippen LogP contribution in [-0.4, -0.2) is 22.5 Å². The first-order chi connectivity index (χ1) is 10.7. The summed E-state index contributed by atoms with van der Waals surface area (Å²) < 4.78 is 0. The summed E-state index contributed by atoms with van der Waals surface area (Å²) in [5, 5.41) is 15.0. The van der Waals surface area contributed by atoms with Gasteiger partial charge in [0.15, 0.2) is 0 Å². The van der Waals surface area contributed by atoms with Crippen molar-refractivity contribution in [1.82, 2.24) is 4.98 Å². The van der Waals surface area contributed by atoms with Crippen LogP contribution in [0.3, 0.4) is 0 Å². The number of aromatic nitrogens is 1. The van der Waals surface area contributed by atoms with Gasteiger partial charge in [-0.15, -0.1) is 0 Å². The van der Waals surface area contributed by atoms with Crippen LogP contribution in [0.2, 0.25) is 0 Å². The Hall–Kier alpha value is -2.21. The van der Waals surface area contributed by atoms with Crippen molar-refractivity contribution in [2.75, 3.05) is 11.9 Å². The highest BCUT2D eigenvalue weighted by Gasteiger charge is 2.24. The number of anilines is 1. The van der Waals surface area contributed by atoms with Gasteiger partial charge in [0.2, 0.25) is 0 Å². The number of fused-ring (bicyclic) bond motifs is 1. The van der Waals surface area contributed by atoms with Crippen molar-refractivity contribution < 1.29 is 4.92 Å². The molecule has 3 N–H and O–H groups in total. The number of hydrogen-bond donors (Lipinski definition) is 2. The second-order valence-corrected chi connectivity index (χ2v) is 5.86. The van der Waals surface area contributed by atoms with Crippen molar-refractivity contribution in [2.45, 2.75) is 31.7 Å². The van der Waals surface area contributed by atoms with E-state index in [9.17, 15) is 10.1 Å². The average molecular weight is 300 g/mol. The van der Waals surface area contributed by atoms with E-state index in [0.717, 1.165) is 16.7 Å². The molecule has 22 heavy (non-hydrogen) atoms. The number of hydrogen-bond acceptors (Lipinski definition) is 5. The van der Waals surface area contributed by atoms with Gasteiger partial charge in [-0.05, 0) is 37.0 Å². The first-order valence-corrected chi connectivity index (χ1v) is 7.69. The summed E-state index contributed by atoms with van der Waals surface area (Å²) >= 11 is 0. The fourth-order valence-electron chi connectivity index (χ4n) is 3.23. The minimum atomic E-state index is -0.393. The van der Waals surface area contributed by atoms with Crippen molar-refractivity contribution in [2.24, 2.45) is 11.7 Å². The van der Waals surface area contributed by atoms with Crippen LogP contribution in [0.15, 0.2) is 30.3 Å². The fourth-order valence-corrected chi connectivity index (χ4v) is 3.23. The number of benzene rings is 1. The van der Waals surface area contributed by atoms with E-state index >= 15 is 0 Å². The molecule has 0 saturated heterocycles. The quantitative estimate of drug-likeness (QED) is 0.653. The molecule has 1 aromatic heterocycles. The van der Waals surface area contributed by atoms with Gasteiger partial charge >= 0.3 is 0 Å². The Morgan fingerprint density at radius 3 is 2.77 bits per heavy atom. The van der Waals surface area contributed by atoms with Gasteiger partial charge in [0.1, 0.15) is 5.82 Å². The van der Waals surface area contributed by atoms with E-state index in [4.69, 9.17) is 5.73 Å². The third kappa shape index (κ3) is 3.01. The number of pyridine rings is 1. The molecule has 0 bridgehead atoms. The summed E-state index contributed by atoms with van der Waals surface area (Å²) in [5.74, 6) is 1.39. The zero-order valence-corrected chi connectivity index (χ0v) is 12.4. The zero-order chi connectivity index (χ0) is 15.5. The van der Waals surface area contributed by atoms with Crippen molar-refractivity contribution in [3.05, 3.63) is 40.4 Å². The van der Waals surface area contributed by atoms with Crippen LogP contribution in [0.1, 0.15) is 25.7 Å². The molecule has 1 fully saturated rings. The van der Waals surface area contributed by atoms with Crippen molar-refractivity contribution >= 4 is 22.4 Å². The monoisotopic (exact) mass is 300 g/mol. The van der Waals surface area contributed by atoms with Gasteiger partial charge in [-0.3, -0.25) is 10.1 Å². The van der Waals surface area contributed by atoms with Crippen LogP contribution in [0.25, 0.3) is 10.9 Å². The predicted molar refractivity (Wildman–Crippen MR) is 86.8 cm³/mol. The molecule has 116 valence electrons. The molecule has 1 atom stereocenters. The summed E-state index contributed by atoms with van der Waals surface area (Å²) in [6.45, 7) is 0.588. The lowest BCUT2D eigenvalue weighted by Gasteiger charge is -2.23. The molecule has 0 radical (unpaired) electrons. The minimum Gasteiger partial charge on any atom is -0.366 e. The predicted octanol–water partition coefficient (Wildman–Crippen LogP) is 3.07. The van der Waals surface area contributed by atoms with E-state index in [-0.39, 0.29) is 11.7 Å². The van der Waals surface area contributed by atoms with E-state index in [2.05, 4.69) is 10.3 Å². The topological polar surface area (TPSA) is 94.1 Å². The average Bonchev–Trinajstić information content (AvgIpc) is 3.06. The molecule has 0 aliphatic heterocycles. The second-order valence-electron chi connectivity index (χ2n) is 5.86. The molecule has 0 spiro atoms. The van der Waals surface area contributed by atoms with Gasteiger partial charge in [0.05, 0.1) is 10.4 Å². The van der Waals surface area contributed by atoms with E-state index in [1.807, 2.05) is 12.1 Å². The standard InChI is InChI=1S/C16H20N4O2/c17-10-15(11-3-1-2-4-11)19-16-8-5-12-9-13(20(21)22)6-7-14(12)18-16/h5-9,11,15H,1-4,10,17H2,(H,18,19). The van der Waals surface area contributed by atoms with Crippen molar-refractivity contribution in [3.63, 3.8) is 0 Å². The smallest absolute Gasteiger partial charge is 0.270 e.